The molecule has 2 aliphatic heterocycles. The van der Waals surface area contributed by atoms with Crippen LogP contribution in [0.5, 0.6) is 34.5 Å². The summed E-state index contributed by atoms with van der Waals surface area (Å²) in [4.78, 5) is 25.6. The van der Waals surface area contributed by atoms with Crippen LogP contribution in [0.1, 0.15) is 39.4 Å². The minimum absolute atomic E-state index is 0.0777. The highest BCUT2D eigenvalue weighted by atomic mass is 16.5. The molecule has 0 amide bonds. The van der Waals surface area contributed by atoms with Crippen molar-refractivity contribution in [2.75, 3.05) is 21.3 Å². The number of fused-ring (bicyclic) bond motifs is 3. The molecule has 8 nitrogen and oxygen atoms in total. The van der Waals surface area contributed by atoms with Crippen LogP contribution in [0.3, 0.4) is 0 Å². The monoisotopic (exact) mass is 474 g/mol. The van der Waals surface area contributed by atoms with E-state index >= 15 is 0 Å². The topological polar surface area (TPSA) is 101 Å². The molecule has 178 valence electrons. The molecule has 2 heterocycles. The van der Waals surface area contributed by atoms with Crippen molar-refractivity contribution in [1.29, 1.82) is 0 Å². The summed E-state index contributed by atoms with van der Waals surface area (Å²) >= 11 is 0. The number of carbonyl (C=O) groups excluding carboxylic acids is 2. The highest BCUT2D eigenvalue weighted by molar-refractivity contribution is 6.15. The fourth-order valence-corrected chi connectivity index (χ4v) is 4.48. The highest BCUT2D eigenvalue weighted by Crippen LogP contribution is 2.49. The lowest BCUT2D eigenvalue weighted by Crippen LogP contribution is -2.21. The van der Waals surface area contributed by atoms with Crippen molar-refractivity contribution in [3.63, 3.8) is 0 Å². The van der Waals surface area contributed by atoms with Crippen molar-refractivity contribution < 1.29 is 38.4 Å². The van der Waals surface area contributed by atoms with Crippen molar-refractivity contribution in [2.24, 2.45) is 0 Å². The zero-order chi connectivity index (χ0) is 24.7. The number of rotatable bonds is 5. The van der Waals surface area contributed by atoms with Gasteiger partial charge in [-0.25, -0.2) is 0 Å². The number of ether oxygens (including phenoxy) is 5. The number of ketones is 1. The van der Waals surface area contributed by atoms with E-state index in [1.165, 1.54) is 21.3 Å². The first-order valence-electron chi connectivity index (χ1n) is 10.8. The summed E-state index contributed by atoms with van der Waals surface area (Å²) in [6.45, 7) is 0. The van der Waals surface area contributed by atoms with Crippen molar-refractivity contribution >= 4 is 17.8 Å². The van der Waals surface area contributed by atoms with Gasteiger partial charge in [-0.1, -0.05) is 12.1 Å². The number of hydrogen-bond acceptors (Lipinski definition) is 8. The normalized spacial score (nSPS) is 17.3. The Hall–Kier alpha value is -4.46. The molecule has 0 aromatic heterocycles. The van der Waals surface area contributed by atoms with Crippen molar-refractivity contribution in [3.05, 3.63) is 76.5 Å². The third kappa shape index (κ3) is 3.73. The maximum absolute atomic E-state index is 13.3. The molecule has 2 aliphatic rings. The Morgan fingerprint density at radius 2 is 1.63 bits per heavy atom. The number of hydrogen-bond donors (Lipinski definition) is 1. The van der Waals surface area contributed by atoms with Gasteiger partial charge in [-0.15, -0.1) is 0 Å². The molecule has 5 rings (SSSR count). The van der Waals surface area contributed by atoms with Gasteiger partial charge in [0, 0.05) is 17.0 Å². The van der Waals surface area contributed by atoms with Gasteiger partial charge in [0.15, 0.2) is 17.3 Å². The zero-order valence-electron chi connectivity index (χ0n) is 19.3. The highest BCUT2D eigenvalue weighted by Gasteiger charge is 2.38. The number of allylic oxidation sites excluding steroid dienone is 1. The van der Waals surface area contributed by atoms with Crippen molar-refractivity contribution in [3.8, 4) is 34.5 Å². The van der Waals surface area contributed by atoms with Crippen LogP contribution in [-0.4, -0.2) is 38.2 Å². The van der Waals surface area contributed by atoms with Gasteiger partial charge < -0.3 is 28.8 Å². The molecule has 0 saturated heterocycles. The second kappa shape index (κ2) is 8.72. The molecule has 0 fully saturated rings. The van der Waals surface area contributed by atoms with Crippen LogP contribution in [-0.2, 0) is 4.79 Å². The molecular formula is C27H22O8. The number of carbonyl (C=O) groups is 2. The fourth-order valence-electron chi connectivity index (χ4n) is 4.48. The van der Waals surface area contributed by atoms with Crippen LogP contribution >= 0.6 is 0 Å². The maximum Gasteiger partial charge on any atom is 0.312 e. The summed E-state index contributed by atoms with van der Waals surface area (Å²) < 4.78 is 27.9. The van der Waals surface area contributed by atoms with Gasteiger partial charge in [0.05, 0.1) is 33.3 Å². The third-order valence-corrected chi connectivity index (χ3v) is 6.10. The Kier molecular flexibility index (Phi) is 5.56. The van der Waals surface area contributed by atoms with Gasteiger partial charge in [0.1, 0.15) is 17.2 Å². The Morgan fingerprint density at radius 3 is 2.31 bits per heavy atom. The lowest BCUT2D eigenvalue weighted by Gasteiger charge is -2.26. The standard InChI is InChI=1S/C27H22O8/c1-31-20-10-6-15(25(32-2)27(20)33-3)12-21-24(30)17-9-11-19-23(26(17)35-21)18(13-22(29)34-19)14-4-7-16(28)8-5-14/h4-12,18,28H,13H2,1-3H3/b21-12-/t18-/m1/s1. The van der Waals surface area contributed by atoms with Crippen LogP contribution in [0.4, 0.5) is 0 Å². The van der Waals surface area contributed by atoms with Gasteiger partial charge in [0.25, 0.3) is 0 Å². The van der Waals surface area contributed by atoms with E-state index in [-0.39, 0.29) is 29.7 Å². The van der Waals surface area contributed by atoms with Crippen molar-refractivity contribution in [2.45, 2.75) is 12.3 Å². The fraction of sp³-hybridized carbons (Fsp3) is 0.185. The predicted octanol–water partition coefficient (Wildman–Crippen LogP) is 4.48. The summed E-state index contributed by atoms with van der Waals surface area (Å²) in [6, 6.07) is 13.2. The van der Waals surface area contributed by atoms with Gasteiger partial charge >= 0.3 is 5.97 Å². The molecule has 0 saturated carbocycles. The van der Waals surface area contributed by atoms with E-state index in [1.54, 1.807) is 54.6 Å². The van der Waals surface area contributed by atoms with Crippen LogP contribution < -0.4 is 23.7 Å². The largest absolute Gasteiger partial charge is 0.508 e. The third-order valence-electron chi connectivity index (χ3n) is 6.10. The molecule has 0 bridgehead atoms. The van der Waals surface area contributed by atoms with E-state index in [1.807, 2.05) is 0 Å². The molecule has 0 unspecified atom stereocenters. The maximum atomic E-state index is 13.3. The van der Waals surface area contributed by atoms with E-state index in [0.29, 0.717) is 45.4 Å². The van der Waals surface area contributed by atoms with Gasteiger partial charge in [0.2, 0.25) is 11.5 Å². The zero-order valence-corrected chi connectivity index (χ0v) is 19.3. The van der Waals surface area contributed by atoms with Gasteiger partial charge in [-0.3, -0.25) is 9.59 Å². The van der Waals surface area contributed by atoms with E-state index in [0.717, 1.165) is 5.56 Å². The summed E-state index contributed by atoms with van der Waals surface area (Å²) in [7, 11) is 4.52. The Labute approximate surface area is 201 Å². The lowest BCUT2D eigenvalue weighted by molar-refractivity contribution is -0.135. The van der Waals surface area contributed by atoms with Crippen LogP contribution in [0.15, 0.2) is 54.3 Å². The minimum atomic E-state index is -0.399. The first kappa shape index (κ1) is 22.3. The molecular weight excluding hydrogens is 452 g/mol. The Morgan fingerprint density at radius 1 is 0.886 bits per heavy atom. The second-order valence-corrected chi connectivity index (χ2v) is 8.04. The van der Waals surface area contributed by atoms with Gasteiger partial charge in [-0.2, -0.15) is 0 Å². The van der Waals surface area contributed by atoms with Crippen molar-refractivity contribution in [1.82, 2.24) is 0 Å². The van der Waals surface area contributed by atoms with E-state index in [9.17, 15) is 14.7 Å². The van der Waals surface area contributed by atoms with Gasteiger partial charge in [-0.05, 0) is 48.0 Å². The molecule has 35 heavy (non-hydrogen) atoms. The van der Waals surface area contributed by atoms with E-state index in [4.69, 9.17) is 23.7 Å². The van der Waals surface area contributed by atoms with Crippen LogP contribution in [0.2, 0.25) is 0 Å². The van der Waals surface area contributed by atoms with E-state index < -0.39 is 5.92 Å². The number of aromatic hydroxyl groups is 1. The first-order chi connectivity index (χ1) is 16.9. The first-order valence-corrected chi connectivity index (χ1v) is 10.8. The number of esters is 1. The summed E-state index contributed by atoms with van der Waals surface area (Å²) in [6.07, 6.45) is 1.66. The second-order valence-electron chi connectivity index (χ2n) is 8.04. The summed E-state index contributed by atoms with van der Waals surface area (Å²) in [5.41, 5.74) is 2.35. The Bertz CT molecular complexity index is 1370. The predicted molar refractivity (Wildman–Crippen MR) is 126 cm³/mol. The van der Waals surface area contributed by atoms with E-state index in [2.05, 4.69) is 0 Å². The number of benzene rings is 3. The quantitative estimate of drug-likeness (QED) is 0.328. The minimum Gasteiger partial charge on any atom is -0.508 e. The molecule has 3 aromatic carbocycles. The van der Waals surface area contributed by atoms with Crippen LogP contribution in [0, 0.1) is 0 Å². The molecule has 8 heteroatoms. The average molecular weight is 474 g/mol. The lowest BCUT2D eigenvalue weighted by atomic mass is 9.84. The number of methoxy groups -OCH3 is 3. The molecule has 3 aromatic rings. The average Bonchev–Trinajstić information content (AvgIpc) is 3.18. The molecule has 0 radical (unpaired) electrons. The summed E-state index contributed by atoms with van der Waals surface area (Å²) in [5, 5.41) is 9.68. The Balaban J connectivity index is 1.60. The SMILES string of the molecule is COc1ccc(/C=C2\Oc3c(ccc4c3[C@@H](c3ccc(O)cc3)CC(=O)O4)C2=O)c(OC)c1OC. The molecule has 1 atom stereocenters. The number of phenolic OH excluding ortho intramolecular Hbond substituents is 1. The summed E-state index contributed by atoms with van der Waals surface area (Å²) in [5.74, 6) is 1.09. The number of Topliss-reactive ketones (excluding diaryl/α,β-unsaturated/α-hetero) is 1. The smallest absolute Gasteiger partial charge is 0.312 e. The van der Waals surface area contributed by atoms with Crippen LogP contribution in [0.25, 0.3) is 6.08 Å². The molecule has 1 N–H and O–H groups in total. The molecule has 0 aliphatic carbocycles. The molecule has 0 spiro atoms. The number of phenols is 1.